The molecule has 1 N–H and O–H groups in total. The Bertz CT molecular complexity index is 684. The van der Waals surface area contributed by atoms with Crippen molar-refractivity contribution in [3.8, 4) is 0 Å². The topological polar surface area (TPSA) is 55.1 Å². The lowest BCUT2D eigenvalue weighted by molar-refractivity contribution is 0.0938. The Morgan fingerprint density at radius 3 is 2.64 bits per heavy atom. The minimum atomic E-state index is -0.124. The molecule has 1 heterocycles. The summed E-state index contributed by atoms with van der Waals surface area (Å²) in [5.41, 5.74) is 5.22. The summed E-state index contributed by atoms with van der Waals surface area (Å²) in [5, 5.41) is 6.89. The predicted octanol–water partition coefficient (Wildman–Crippen LogP) is 3.66. The Labute approximate surface area is 130 Å². The first-order valence-corrected chi connectivity index (χ1v) is 7.91. The Kier molecular flexibility index (Phi) is 4.01. The Morgan fingerprint density at radius 1 is 1.23 bits per heavy atom. The number of hydrogen-bond acceptors (Lipinski definition) is 3. The molecule has 0 spiro atoms. The van der Waals surface area contributed by atoms with Gasteiger partial charge in [0, 0.05) is 0 Å². The van der Waals surface area contributed by atoms with E-state index in [4.69, 9.17) is 4.52 Å². The molecule has 0 radical (unpaired) electrons. The van der Waals surface area contributed by atoms with Crippen LogP contribution in [-0.2, 0) is 12.8 Å². The number of nitrogens with one attached hydrogen (secondary N) is 1. The van der Waals surface area contributed by atoms with Crippen molar-refractivity contribution in [2.45, 2.75) is 52.5 Å². The molecule has 0 aliphatic heterocycles. The van der Waals surface area contributed by atoms with Crippen molar-refractivity contribution in [1.29, 1.82) is 0 Å². The van der Waals surface area contributed by atoms with Crippen LogP contribution in [0.5, 0.6) is 0 Å². The molecule has 1 aliphatic rings. The van der Waals surface area contributed by atoms with E-state index in [1.54, 1.807) is 13.8 Å². The van der Waals surface area contributed by atoms with E-state index in [9.17, 15) is 4.79 Å². The zero-order chi connectivity index (χ0) is 15.7. The van der Waals surface area contributed by atoms with E-state index in [2.05, 4.69) is 28.7 Å². The van der Waals surface area contributed by atoms with Gasteiger partial charge in [-0.05, 0) is 63.1 Å². The smallest absolute Gasteiger partial charge is 0.257 e. The molecule has 1 atom stereocenters. The second kappa shape index (κ2) is 5.95. The van der Waals surface area contributed by atoms with Crippen LogP contribution in [0.15, 0.2) is 22.7 Å². The number of carbonyl (C=O) groups is 1. The molecule has 2 aromatic rings. The van der Waals surface area contributed by atoms with Gasteiger partial charge in [-0.2, -0.15) is 0 Å². The summed E-state index contributed by atoms with van der Waals surface area (Å²) in [4.78, 5) is 12.4. The van der Waals surface area contributed by atoms with E-state index in [0.717, 1.165) is 12.0 Å². The maximum atomic E-state index is 12.4. The van der Waals surface area contributed by atoms with Gasteiger partial charge >= 0.3 is 0 Å². The molecule has 1 amide bonds. The third-order valence-electron chi connectivity index (χ3n) is 4.48. The normalized spacial score (nSPS) is 15.2. The fraction of sp³-hybridized carbons (Fsp3) is 0.444. The molecule has 1 aromatic heterocycles. The third-order valence-corrected chi connectivity index (χ3v) is 4.48. The summed E-state index contributed by atoms with van der Waals surface area (Å²) < 4.78 is 5.07. The van der Waals surface area contributed by atoms with Crippen LogP contribution in [0, 0.1) is 13.8 Å². The minimum absolute atomic E-state index is 0.0339. The van der Waals surface area contributed by atoms with Crippen molar-refractivity contribution in [2.24, 2.45) is 0 Å². The van der Waals surface area contributed by atoms with Crippen molar-refractivity contribution in [2.75, 3.05) is 0 Å². The lowest BCUT2D eigenvalue weighted by atomic mass is 9.89. The molecule has 0 bridgehead atoms. The predicted molar refractivity (Wildman–Crippen MR) is 84.9 cm³/mol. The molecule has 116 valence electrons. The molecule has 22 heavy (non-hydrogen) atoms. The zero-order valence-electron chi connectivity index (χ0n) is 13.4. The fourth-order valence-electron chi connectivity index (χ4n) is 3.18. The van der Waals surface area contributed by atoms with Crippen LogP contribution in [-0.4, -0.2) is 11.1 Å². The molecular formula is C18H22N2O2. The van der Waals surface area contributed by atoms with Crippen molar-refractivity contribution >= 4 is 5.91 Å². The molecular weight excluding hydrogens is 276 g/mol. The van der Waals surface area contributed by atoms with Gasteiger partial charge in [-0.15, -0.1) is 0 Å². The number of rotatable bonds is 3. The van der Waals surface area contributed by atoms with E-state index < -0.39 is 0 Å². The van der Waals surface area contributed by atoms with Gasteiger partial charge in [0.2, 0.25) is 0 Å². The number of aromatic nitrogens is 1. The summed E-state index contributed by atoms with van der Waals surface area (Å²) in [6.07, 6.45) is 4.87. The van der Waals surface area contributed by atoms with Crippen molar-refractivity contribution in [1.82, 2.24) is 10.5 Å². The number of aryl methyl sites for hydroxylation is 4. The van der Waals surface area contributed by atoms with Gasteiger partial charge in [0.05, 0.1) is 11.7 Å². The highest BCUT2D eigenvalue weighted by atomic mass is 16.5. The summed E-state index contributed by atoms with van der Waals surface area (Å²) in [5.74, 6) is 0.439. The van der Waals surface area contributed by atoms with Gasteiger partial charge in [-0.3, -0.25) is 4.79 Å². The van der Waals surface area contributed by atoms with Crippen LogP contribution in [0.2, 0.25) is 0 Å². The first kappa shape index (κ1) is 14.8. The van der Waals surface area contributed by atoms with Crippen LogP contribution in [0.3, 0.4) is 0 Å². The Hall–Kier alpha value is -2.10. The van der Waals surface area contributed by atoms with Gasteiger partial charge in [-0.1, -0.05) is 23.4 Å². The van der Waals surface area contributed by atoms with Crippen molar-refractivity contribution in [3.63, 3.8) is 0 Å². The highest BCUT2D eigenvalue weighted by Gasteiger charge is 2.20. The zero-order valence-corrected chi connectivity index (χ0v) is 13.4. The Balaban J connectivity index is 1.77. The van der Waals surface area contributed by atoms with Crippen LogP contribution >= 0.6 is 0 Å². The van der Waals surface area contributed by atoms with Crippen LogP contribution in [0.4, 0.5) is 0 Å². The summed E-state index contributed by atoms with van der Waals surface area (Å²) >= 11 is 0. The first-order valence-electron chi connectivity index (χ1n) is 7.91. The number of hydrogen-bond donors (Lipinski definition) is 1. The molecule has 4 nitrogen and oxygen atoms in total. The van der Waals surface area contributed by atoms with Gasteiger partial charge in [0.1, 0.15) is 11.3 Å². The molecule has 0 saturated heterocycles. The maximum absolute atomic E-state index is 12.4. The van der Waals surface area contributed by atoms with Gasteiger partial charge in [0.15, 0.2) is 0 Å². The first-order chi connectivity index (χ1) is 10.6. The minimum Gasteiger partial charge on any atom is -0.361 e. The Morgan fingerprint density at radius 2 is 1.95 bits per heavy atom. The quantitative estimate of drug-likeness (QED) is 0.940. The molecule has 4 heteroatoms. The van der Waals surface area contributed by atoms with Gasteiger partial charge < -0.3 is 9.84 Å². The summed E-state index contributed by atoms with van der Waals surface area (Å²) in [6.45, 7) is 5.56. The highest BCUT2D eigenvalue weighted by Crippen LogP contribution is 2.25. The molecule has 0 unspecified atom stereocenters. The van der Waals surface area contributed by atoms with Crippen molar-refractivity contribution < 1.29 is 9.32 Å². The third kappa shape index (κ3) is 2.78. The van der Waals surface area contributed by atoms with Gasteiger partial charge in [0.25, 0.3) is 5.91 Å². The second-order valence-electron chi connectivity index (χ2n) is 6.13. The standard InChI is InChI=1S/C18H22N2O2/c1-11(19-18(21)17-12(2)20-22-13(17)3)15-9-8-14-6-4-5-7-16(14)10-15/h8-11H,4-7H2,1-3H3,(H,19,21)/t11-/m0/s1. The number of fused-ring (bicyclic) bond motifs is 1. The summed E-state index contributed by atoms with van der Waals surface area (Å²) in [6, 6.07) is 6.55. The van der Waals surface area contributed by atoms with Crippen LogP contribution < -0.4 is 5.32 Å². The van der Waals surface area contributed by atoms with E-state index in [1.807, 2.05) is 6.92 Å². The van der Waals surface area contributed by atoms with Gasteiger partial charge in [-0.25, -0.2) is 0 Å². The highest BCUT2D eigenvalue weighted by molar-refractivity contribution is 5.96. The molecule has 1 aromatic carbocycles. The number of amides is 1. The molecule has 0 saturated carbocycles. The van der Waals surface area contributed by atoms with Crippen molar-refractivity contribution in [3.05, 3.63) is 51.9 Å². The molecule has 0 fully saturated rings. The summed E-state index contributed by atoms with van der Waals surface area (Å²) in [7, 11) is 0. The number of nitrogens with zero attached hydrogens (tertiary/aromatic N) is 1. The lowest BCUT2D eigenvalue weighted by Gasteiger charge is -2.20. The largest absolute Gasteiger partial charge is 0.361 e. The van der Waals surface area contributed by atoms with E-state index in [1.165, 1.54) is 30.4 Å². The van der Waals surface area contributed by atoms with E-state index >= 15 is 0 Å². The molecule has 1 aliphatic carbocycles. The monoisotopic (exact) mass is 298 g/mol. The lowest BCUT2D eigenvalue weighted by Crippen LogP contribution is -2.27. The second-order valence-corrected chi connectivity index (χ2v) is 6.13. The average molecular weight is 298 g/mol. The van der Waals surface area contributed by atoms with Crippen LogP contribution in [0.25, 0.3) is 0 Å². The van der Waals surface area contributed by atoms with Crippen LogP contribution in [0.1, 0.15) is 64.3 Å². The van der Waals surface area contributed by atoms with E-state index in [0.29, 0.717) is 17.0 Å². The fourth-order valence-corrected chi connectivity index (χ4v) is 3.18. The number of carbonyl (C=O) groups excluding carboxylic acids is 1. The SMILES string of the molecule is Cc1noc(C)c1C(=O)N[C@@H](C)c1ccc2c(c1)CCCC2. The van der Waals surface area contributed by atoms with E-state index in [-0.39, 0.29) is 11.9 Å². The molecule has 3 rings (SSSR count). The average Bonchev–Trinajstić information content (AvgIpc) is 2.85. The maximum Gasteiger partial charge on any atom is 0.257 e. The number of benzene rings is 1.